The molecule has 1 nitrogen and oxygen atoms in total. The number of halogens is 3. The highest BCUT2D eigenvalue weighted by Gasteiger charge is 2.16. The second-order valence-electron chi connectivity index (χ2n) is 3.20. The van der Waals surface area contributed by atoms with E-state index in [0.29, 0.717) is 6.61 Å². The predicted molar refractivity (Wildman–Crippen MR) is 44.4 cm³/mol. The van der Waals surface area contributed by atoms with Crippen LogP contribution in [-0.2, 0) is 4.74 Å². The Morgan fingerprint density at radius 2 is 2.00 bits per heavy atom. The van der Waals surface area contributed by atoms with Crippen LogP contribution in [0.25, 0.3) is 0 Å². The quantitative estimate of drug-likeness (QED) is 0.661. The van der Waals surface area contributed by atoms with Gasteiger partial charge in [0.15, 0.2) is 0 Å². The summed E-state index contributed by atoms with van der Waals surface area (Å²) in [6, 6.07) is 0. The highest BCUT2D eigenvalue weighted by atomic mass is 79.9. The second-order valence-corrected chi connectivity index (χ2v) is 3.76. The van der Waals surface area contributed by atoms with Crippen molar-refractivity contribution in [2.75, 3.05) is 18.5 Å². The van der Waals surface area contributed by atoms with Gasteiger partial charge in [0, 0.05) is 5.33 Å². The minimum Gasteiger partial charge on any atom is -0.375 e. The minimum absolute atomic E-state index is 0.0606. The summed E-state index contributed by atoms with van der Waals surface area (Å²) in [6.45, 7) is 3.81. The van der Waals surface area contributed by atoms with Gasteiger partial charge in [-0.2, -0.15) is 0 Å². The van der Waals surface area contributed by atoms with Gasteiger partial charge in [0.2, 0.25) is 0 Å². The van der Waals surface area contributed by atoms with Crippen LogP contribution in [0.15, 0.2) is 0 Å². The van der Waals surface area contributed by atoms with Crippen LogP contribution in [0.1, 0.15) is 13.8 Å². The Bertz CT molecular complexity index is 107. The number of hydrogen-bond acceptors (Lipinski definition) is 1. The van der Waals surface area contributed by atoms with E-state index < -0.39 is 13.0 Å². The fourth-order valence-electron chi connectivity index (χ4n) is 0.463. The fraction of sp³-hybridized carbons (Fsp3) is 1.00. The Kier molecular flexibility index (Phi) is 5.17. The molecule has 4 heteroatoms. The zero-order valence-electron chi connectivity index (χ0n) is 6.74. The fourth-order valence-corrected chi connectivity index (χ4v) is 0.625. The SMILES string of the molecule is CC(C)(CBr)COCC(F)F. The lowest BCUT2D eigenvalue weighted by atomic mass is 9.99. The second kappa shape index (κ2) is 5.04. The third kappa shape index (κ3) is 6.69. The van der Waals surface area contributed by atoms with Gasteiger partial charge >= 0.3 is 0 Å². The standard InChI is InChI=1S/C7H13BrF2O/c1-7(2,4-8)5-11-3-6(9)10/h6H,3-5H2,1-2H3. The van der Waals surface area contributed by atoms with E-state index in [1.165, 1.54) is 0 Å². The highest BCUT2D eigenvalue weighted by molar-refractivity contribution is 9.09. The lowest BCUT2D eigenvalue weighted by Crippen LogP contribution is -2.22. The van der Waals surface area contributed by atoms with Gasteiger partial charge in [0.1, 0.15) is 6.61 Å². The van der Waals surface area contributed by atoms with E-state index in [0.717, 1.165) is 5.33 Å². The number of rotatable bonds is 5. The summed E-state index contributed by atoms with van der Waals surface area (Å²) in [5, 5.41) is 0.753. The molecule has 0 radical (unpaired) electrons. The largest absolute Gasteiger partial charge is 0.375 e. The maximum atomic E-state index is 11.6. The summed E-state index contributed by atoms with van der Waals surface area (Å²) in [5.41, 5.74) is -0.0606. The maximum Gasteiger partial charge on any atom is 0.261 e. The molecule has 0 aromatic heterocycles. The Morgan fingerprint density at radius 3 is 2.36 bits per heavy atom. The molecule has 0 saturated heterocycles. The van der Waals surface area contributed by atoms with Crippen LogP contribution in [0.5, 0.6) is 0 Å². The van der Waals surface area contributed by atoms with E-state index in [4.69, 9.17) is 4.74 Å². The molecule has 0 spiro atoms. The van der Waals surface area contributed by atoms with Crippen molar-refractivity contribution in [3.63, 3.8) is 0 Å². The first-order valence-electron chi connectivity index (χ1n) is 3.40. The topological polar surface area (TPSA) is 9.23 Å². The van der Waals surface area contributed by atoms with Gasteiger partial charge < -0.3 is 4.74 Å². The summed E-state index contributed by atoms with van der Waals surface area (Å²) in [5.74, 6) is 0. The molecule has 0 N–H and O–H groups in total. The molecule has 0 unspecified atom stereocenters. The zero-order chi connectivity index (χ0) is 8.91. The van der Waals surface area contributed by atoms with Crippen LogP contribution in [-0.4, -0.2) is 25.0 Å². The predicted octanol–water partition coefficient (Wildman–Crippen LogP) is 2.69. The lowest BCUT2D eigenvalue weighted by Gasteiger charge is -2.20. The van der Waals surface area contributed by atoms with Gasteiger partial charge in [0.25, 0.3) is 6.43 Å². The summed E-state index contributed by atoms with van der Waals surface area (Å²) < 4.78 is 27.9. The smallest absolute Gasteiger partial charge is 0.261 e. The summed E-state index contributed by atoms with van der Waals surface area (Å²) in [4.78, 5) is 0. The molecule has 68 valence electrons. The molecule has 0 saturated carbocycles. The van der Waals surface area contributed by atoms with Gasteiger partial charge in [-0.25, -0.2) is 8.78 Å². The third-order valence-corrected chi connectivity index (χ3v) is 2.62. The first-order valence-corrected chi connectivity index (χ1v) is 4.52. The molecule has 0 atom stereocenters. The third-order valence-electron chi connectivity index (χ3n) is 1.10. The van der Waals surface area contributed by atoms with E-state index in [-0.39, 0.29) is 5.41 Å². The molecule has 0 bridgehead atoms. The molecule has 0 aromatic rings. The molecule has 0 rings (SSSR count). The van der Waals surface area contributed by atoms with Gasteiger partial charge in [-0.1, -0.05) is 29.8 Å². The average Bonchev–Trinajstić information content (AvgIpc) is 1.87. The normalized spacial score (nSPS) is 12.5. The molecule has 0 fully saturated rings. The van der Waals surface area contributed by atoms with Crippen LogP contribution in [0.2, 0.25) is 0 Å². The molecular formula is C7H13BrF2O. The van der Waals surface area contributed by atoms with Crippen molar-refractivity contribution in [1.29, 1.82) is 0 Å². The van der Waals surface area contributed by atoms with Crippen molar-refractivity contribution in [3.05, 3.63) is 0 Å². The molecule has 0 amide bonds. The highest BCUT2D eigenvalue weighted by Crippen LogP contribution is 2.18. The van der Waals surface area contributed by atoms with E-state index in [1.54, 1.807) is 0 Å². The van der Waals surface area contributed by atoms with Crippen molar-refractivity contribution in [3.8, 4) is 0 Å². The lowest BCUT2D eigenvalue weighted by molar-refractivity contribution is -0.00732. The minimum atomic E-state index is -2.36. The van der Waals surface area contributed by atoms with Crippen molar-refractivity contribution >= 4 is 15.9 Å². The van der Waals surface area contributed by atoms with Gasteiger partial charge in [-0.3, -0.25) is 0 Å². The van der Waals surface area contributed by atoms with Gasteiger partial charge in [0.05, 0.1) is 6.61 Å². The molecule has 0 heterocycles. The summed E-state index contributed by atoms with van der Waals surface area (Å²) >= 11 is 3.27. The summed E-state index contributed by atoms with van der Waals surface area (Å²) in [7, 11) is 0. The van der Waals surface area contributed by atoms with Crippen LogP contribution in [0, 0.1) is 5.41 Å². The van der Waals surface area contributed by atoms with Crippen molar-refractivity contribution in [2.24, 2.45) is 5.41 Å². The summed E-state index contributed by atoms with van der Waals surface area (Å²) in [6.07, 6.45) is -2.36. The van der Waals surface area contributed by atoms with Crippen molar-refractivity contribution in [1.82, 2.24) is 0 Å². The number of alkyl halides is 3. The van der Waals surface area contributed by atoms with E-state index >= 15 is 0 Å². The zero-order valence-corrected chi connectivity index (χ0v) is 8.33. The molecule has 0 aliphatic rings. The van der Waals surface area contributed by atoms with Crippen LogP contribution < -0.4 is 0 Å². The number of hydrogen-bond donors (Lipinski definition) is 0. The Morgan fingerprint density at radius 1 is 1.45 bits per heavy atom. The first kappa shape index (κ1) is 11.3. The monoisotopic (exact) mass is 230 g/mol. The Labute approximate surface area is 74.2 Å². The van der Waals surface area contributed by atoms with Gasteiger partial charge in [-0.15, -0.1) is 0 Å². The van der Waals surface area contributed by atoms with E-state index in [1.807, 2.05) is 13.8 Å². The Balaban J connectivity index is 3.38. The Hall–Kier alpha value is 0.300. The van der Waals surface area contributed by atoms with E-state index in [9.17, 15) is 8.78 Å². The van der Waals surface area contributed by atoms with Crippen LogP contribution in [0.3, 0.4) is 0 Å². The molecule has 11 heavy (non-hydrogen) atoms. The maximum absolute atomic E-state index is 11.6. The molecular weight excluding hydrogens is 218 g/mol. The van der Waals surface area contributed by atoms with E-state index in [2.05, 4.69) is 15.9 Å². The van der Waals surface area contributed by atoms with Gasteiger partial charge in [-0.05, 0) is 5.41 Å². The average molecular weight is 231 g/mol. The molecule has 0 aliphatic carbocycles. The van der Waals surface area contributed by atoms with Crippen molar-refractivity contribution < 1.29 is 13.5 Å². The first-order chi connectivity index (χ1) is 4.98. The van der Waals surface area contributed by atoms with Crippen LogP contribution >= 0.6 is 15.9 Å². The van der Waals surface area contributed by atoms with Crippen molar-refractivity contribution in [2.45, 2.75) is 20.3 Å². The number of ether oxygens (including phenoxy) is 1. The molecule has 0 aromatic carbocycles. The molecule has 0 aliphatic heterocycles. The van der Waals surface area contributed by atoms with Crippen LogP contribution in [0.4, 0.5) is 8.78 Å².